The summed E-state index contributed by atoms with van der Waals surface area (Å²) in [5.74, 6) is 1.51. The van der Waals surface area contributed by atoms with Gasteiger partial charge in [-0.1, -0.05) is 25.9 Å². The number of hydrogen-bond acceptors (Lipinski definition) is 6. The third-order valence-corrected chi connectivity index (χ3v) is 5.11. The van der Waals surface area contributed by atoms with E-state index in [0.29, 0.717) is 11.7 Å². The third kappa shape index (κ3) is 3.02. The molecule has 0 aliphatic carbocycles. The summed E-state index contributed by atoms with van der Waals surface area (Å²) in [6.45, 7) is 8.75. The molecule has 6 nitrogen and oxygen atoms in total. The second-order valence-electron chi connectivity index (χ2n) is 6.16. The number of nitrogens with zero attached hydrogens (tertiary/aromatic N) is 4. The van der Waals surface area contributed by atoms with Crippen LogP contribution in [0.1, 0.15) is 77.7 Å². The van der Waals surface area contributed by atoms with Crippen LogP contribution in [0.15, 0.2) is 4.52 Å². The zero-order valence-corrected chi connectivity index (χ0v) is 14.8. The molecule has 0 saturated carbocycles. The number of rotatable bonds is 4. The molecule has 3 rings (SSSR count). The number of carbonyl (C=O) groups excluding carboxylic acids is 1. The molecule has 1 saturated heterocycles. The van der Waals surface area contributed by atoms with E-state index in [1.54, 1.807) is 0 Å². The minimum Gasteiger partial charge on any atom is -0.337 e. The highest BCUT2D eigenvalue weighted by molar-refractivity contribution is 7.13. The highest BCUT2D eigenvalue weighted by Crippen LogP contribution is 2.34. The largest absolute Gasteiger partial charge is 0.337 e. The first-order valence-corrected chi connectivity index (χ1v) is 8.93. The van der Waals surface area contributed by atoms with E-state index in [4.69, 9.17) is 4.52 Å². The molecule has 0 aromatic carbocycles. The average Bonchev–Trinajstić information content (AvgIpc) is 3.24. The highest BCUT2D eigenvalue weighted by Gasteiger charge is 2.36. The molecule has 0 spiro atoms. The van der Waals surface area contributed by atoms with E-state index in [-0.39, 0.29) is 17.9 Å². The molecule has 124 valence electrons. The van der Waals surface area contributed by atoms with E-state index in [1.807, 2.05) is 32.6 Å². The summed E-state index contributed by atoms with van der Waals surface area (Å²) in [5.41, 5.74) is 0.886. The van der Waals surface area contributed by atoms with Crippen molar-refractivity contribution >= 4 is 17.2 Å². The number of carbonyl (C=O) groups is 1. The van der Waals surface area contributed by atoms with Gasteiger partial charge in [-0.3, -0.25) is 4.79 Å². The normalized spacial score (nSPS) is 18.1. The Morgan fingerprint density at radius 1 is 1.43 bits per heavy atom. The minimum absolute atomic E-state index is 0.0410. The fraction of sp³-hybridized carbons (Fsp3) is 0.625. The van der Waals surface area contributed by atoms with Crippen LogP contribution in [0.5, 0.6) is 0 Å². The Kier molecular flexibility index (Phi) is 4.48. The van der Waals surface area contributed by atoms with Crippen molar-refractivity contribution in [2.75, 3.05) is 6.54 Å². The molecule has 1 aliphatic heterocycles. The van der Waals surface area contributed by atoms with Gasteiger partial charge in [0, 0.05) is 12.5 Å². The molecule has 7 heteroatoms. The summed E-state index contributed by atoms with van der Waals surface area (Å²) in [7, 11) is 0. The molecule has 1 fully saturated rings. The van der Waals surface area contributed by atoms with Gasteiger partial charge in [-0.05, 0) is 26.2 Å². The van der Waals surface area contributed by atoms with Crippen LogP contribution in [0.2, 0.25) is 0 Å². The zero-order valence-electron chi connectivity index (χ0n) is 14.0. The molecule has 1 unspecified atom stereocenters. The lowest BCUT2D eigenvalue weighted by Crippen LogP contribution is -2.30. The summed E-state index contributed by atoms with van der Waals surface area (Å²) < 4.78 is 5.42. The summed E-state index contributed by atoms with van der Waals surface area (Å²) in [5, 5.41) is 4.96. The number of aromatic nitrogens is 3. The fourth-order valence-corrected chi connectivity index (χ4v) is 3.85. The van der Waals surface area contributed by atoms with Crippen LogP contribution in [0.4, 0.5) is 0 Å². The predicted octanol–water partition coefficient (Wildman–Crippen LogP) is 3.50. The van der Waals surface area contributed by atoms with Gasteiger partial charge < -0.3 is 9.42 Å². The number of aryl methyl sites for hydroxylation is 2. The van der Waals surface area contributed by atoms with Gasteiger partial charge in [0.15, 0.2) is 5.82 Å². The number of hydrogen-bond donors (Lipinski definition) is 0. The molecule has 0 radical (unpaired) electrons. The van der Waals surface area contributed by atoms with Crippen LogP contribution in [-0.4, -0.2) is 32.5 Å². The lowest BCUT2D eigenvalue weighted by atomic mass is 10.2. The van der Waals surface area contributed by atoms with E-state index < -0.39 is 0 Å². The maximum absolute atomic E-state index is 13.0. The van der Waals surface area contributed by atoms with Crippen molar-refractivity contribution in [3.63, 3.8) is 0 Å². The fourth-order valence-electron chi connectivity index (χ4n) is 2.89. The van der Waals surface area contributed by atoms with Crippen LogP contribution in [-0.2, 0) is 6.42 Å². The number of thiazole rings is 1. The average molecular weight is 334 g/mol. The number of likely N-dealkylation sites (tertiary alicyclic amines) is 1. The summed E-state index contributed by atoms with van der Waals surface area (Å²) >= 11 is 1.47. The molecule has 23 heavy (non-hydrogen) atoms. The smallest absolute Gasteiger partial charge is 0.266 e. The molecule has 1 aliphatic rings. The topological polar surface area (TPSA) is 72.1 Å². The molecule has 3 heterocycles. The van der Waals surface area contributed by atoms with Gasteiger partial charge >= 0.3 is 0 Å². The monoisotopic (exact) mass is 334 g/mol. The lowest BCUT2D eigenvalue weighted by Gasteiger charge is -2.21. The Hall–Kier alpha value is -1.76. The third-order valence-electron chi connectivity index (χ3n) is 4.11. The lowest BCUT2D eigenvalue weighted by molar-refractivity contribution is 0.0713. The minimum atomic E-state index is -0.116. The first-order valence-electron chi connectivity index (χ1n) is 8.12. The standard InChI is InChI=1S/C16H22N4O2S/c1-5-11-13(23-10(4)17-11)16(21)20-8-6-7-12(20)15-18-14(9(2)3)19-22-15/h9,12H,5-8H2,1-4H3. The first-order chi connectivity index (χ1) is 11.0. The molecule has 1 atom stereocenters. The van der Waals surface area contributed by atoms with Crippen molar-refractivity contribution in [1.29, 1.82) is 0 Å². The predicted molar refractivity (Wildman–Crippen MR) is 87.6 cm³/mol. The first kappa shape index (κ1) is 16.1. The van der Waals surface area contributed by atoms with E-state index in [2.05, 4.69) is 15.1 Å². The van der Waals surface area contributed by atoms with Crippen LogP contribution in [0, 0.1) is 6.92 Å². The Balaban J connectivity index is 1.87. The maximum Gasteiger partial charge on any atom is 0.266 e. The second-order valence-corrected chi connectivity index (χ2v) is 7.37. The Morgan fingerprint density at radius 2 is 2.22 bits per heavy atom. The van der Waals surface area contributed by atoms with Crippen LogP contribution in [0.3, 0.4) is 0 Å². The van der Waals surface area contributed by atoms with Gasteiger partial charge in [0.2, 0.25) is 5.89 Å². The van der Waals surface area contributed by atoms with Crippen molar-refractivity contribution in [2.24, 2.45) is 0 Å². The maximum atomic E-state index is 13.0. The van der Waals surface area contributed by atoms with Gasteiger partial charge in [-0.2, -0.15) is 4.98 Å². The summed E-state index contributed by atoms with van der Waals surface area (Å²) in [6.07, 6.45) is 2.59. The molecule has 2 aromatic rings. The van der Waals surface area contributed by atoms with Gasteiger partial charge in [0.25, 0.3) is 5.91 Å². The molecular formula is C16H22N4O2S. The second kappa shape index (κ2) is 6.39. The SMILES string of the molecule is CCc1nc(C)sc1C(=O)N1CCCC1c1nc(C(C)C)no1. The Labute approximate surface area is 139 Å². The zero-order chi connectivity index (χ0) is 16.6. The quantitative estimate of drug-likeness (QED) is 0.855. The molecule has 2 aromatic heterocycles. The number of amides is 1. The van der Waals surface area contributed by atoms with Gasteiger partial charge in [0.05, 0.1) is 10.7 Å². The van der Waals surface area contributed by atoms with Gasteiger partial charge in [-0.25, -0.2) is 4.98 Å². The van der Waals surface area contributed by atoms with Crippen molar-refractivity contribution in [1.82, 2.24) is 20.0 Å². The van der Waals surface area contributed by atoms with E-state index in [9.17, 15) is 4.79 Å². The molecule has 1 amide bonds. The van der Waals surface area contributed by atoms with Crippen molar-refractivity contribution in [2.45, 2.75) is 58.9 Å². The van der Waals surface area contributed by atoms with Gasteiger partial charge in [-0.15, -0.1) is 11.3 Å². The van der Waals surface area contributed by atoms with Crippen molar-refractivity contribution in [3.05, 3.63) is 27.3 Å². The van der Waals surface area contributed by atoms with E-state index in [0.717, 1.165) is 41.4 Å². The summed E-state index contributed by atoms with van der Waals surface area (Å²) in [6, 6.07) is -0.116. The van der Waals surface area contributed by atoms with Crippen LogP contribution < -0.4 is 0 Å². The highest BCUT2D eigenvalue weighted by atomic mass is 32.1. The van der Waals surface area contributed by atoms with Crippen LogP contribution >= 0.6 is 11.3 Å². The Morgan fingerprint density at radius 3 is 2.87 bits per heavy atom. The van der Waals surface area contributed by atoms with Crippen molar-refractivity contribution in [3.8, 4) is 0 Å². The molecule has 0 N–H and O–H groups in total. The summed E-state index contributed by atoms with van der Waals surface area (Å²) in [4.78, 5) is 24.5. The van der Waals surface area contributed by atoms with E-state index >= 15 is 0 Å². The van der Waals surface area contributed by atoms with E-state index in [1.165, 1.54) is 11.3 Å². The molecule has 0 bridgehead atoms. The van der Waals surface area contributed by atoms with Crippen LogP contribution in [0.25, 0.3) is 0 Å². The Bertz CT molecular complexity index is 707. The van der Waals surface area contributed by atoms with Gasteiger partial charge in [0.1, 0.15) is 10.9 Å². The van der Waals surface area contributed by atoms with Crippen molar-refractivity contribution < 1.29 is 9.32 Å². The molecular weight excluding hydrogens is 312 g/mol.